The highest BCUT2D eigenvalue weighted by atomic mass is 79.9. The summed E-state index contributed by atoms with van der Waals surface area (Å²) >= 11 is 3.75. The first-order valence-electron chi connectivity index (χ1n) is 7.00. The summed E-state index contributed by atoms with van der Waals surface area (Å²) in [7, 11) is 0. The number of halogens is 4. The predicted octanol–water partition coefficient (Wildman–Crippen LogP) is 5.84. The molecule has 4 heteroatoms. The van der Waals surface area contributed by atoms with Crippen molar-refractivity contribution < 1.29 is 13.2 Å². The lowest BCUT2D eigenvalue weighted by atomic mass is 9.79. The van der Waals surface area contributed by atoms with E-state index >= 15 is 0 Å². The lowest BCUT2D eigenvalue weighted by Crippen LogP contribution is -2.27. The van der Waals surface area contributed by atoms with Gasteiger partial charge in [-0.25, -0.2) is 0 Å². The van der Waals surface area contributed by atoms with Crippen LogP contribution in [-0.4, -0.2) is 4.83 Å². The molecule has 1 aromatic rings. The molecule has 1 aromatic carbocycles. The molecule has 20 heavy (non-hydrogen) atoms. The Morgan fingerprint density at radius 2 is 1.85 bits per heavy atom. The lowest BCUT2D eigenvalue weighted by molar-refractivity contribution is -0.137. The molecule has 0 heterocycles. The van der Waals surface area contributed by atoms with Gasteiger partial charge in [0, 0.05) is 4.83 Å². The van der Waals surface area contributed by atoms with Crippen LogP contribution in [0.3, 0.4) is 0 Å². The van der Waals surface area contributed by atoms with Crippen molar-refractivity contribution in [2.45, 2.75) is 50.5 Å². The zero-order valence-electron chi connectivity index (χ0n) is 11.8. The molecule has 2 atom stereocenters. The smallest absolute Gasteiger partial charge is 0.166 e. The second kappa shape index (κ2) is 5.70. The highest BCUT2D eigenvalue weighted by Gasteiger charge is 2.38. The van der Waals surface area contributed by atoms with Gasteiger partial charge >= 0.3 is 6.18 Å². The Labute approximate surface area is 126 Å². The zero-order chi connectivity index (χ0) is 15.0. The first-order chi connectivity index (χ1) is 9.20. The van der Waals surface area contributed by atoms with E-state index in [-0.39, 0.29) is 0 Å². The van der Waals surface area contributed by atoms with E-state index in [2.05, 4.69) is 29.8 Å². The van der Waals surface area contributed by atoms with Gasteiger partial charge < -0.3 is 0 Å². The Morgan fingerprint density at radius 1 is 1.25 bits per heavy atom. The Kier molecular flexibility index (Phi) is 4.53. The SMILES string of the molecule is CC1(C)CCCC1C(Br)Cc1ccc(C(F)(F)F)cc1. The zero-order valence-corrected chi connectivity index (χ0v) is 13.4. The molecule has 1 fully saturated rings. The van der Waals surface area contributed by atoms with Crippen molar-refractivity contribution in [3.05, 3.63) is 35.4 Å². The number of rotatable bonds is 3. The molecule has 0 nitrogen and oxygen atoms in total. The van der Waals surface area contributed by atoms with E-state index in [0.29, 0.717) is 16.2 Å². The molecule has 0 radical (unpaired) electrons. The van der Waals surface area contributed by atoms with Crippen LogP contribution in [0.2, 0.25) is 0 Å². The van der Waals surface area contributed by atoms with Gasteiger partial charge in [-0.15, -0.1) is 0 Å². The number of hydrogen-bond acceptors (Lipinski definition) is 0. The Balaban J connectivity index is 2.03. The molecule has 1 saturated carbocycles. The number of hydrogen-bond donors (Lipinski definition) is 0. The average molecular weight is 349 g/mol. The molecular weight excluding hydrogens is 329 g/mol. The standard InChI is InChI=1S/C16H20BrF3/c1-15(2)9-3-4-13(15)14(17)10-11-5-7-12(8-6-11)16(18,19)20/h5-8,13-14H,3-4,9-10H2,1-2H3. The monoisotopic (exact) mass is 348 g/mol. The minimum Gasteiger partial charge on any atom is -0.166 e. The van der Waals surface area contributed by atoms with Crippen molar-refractivity contribution in [2.75, 3.05) is 0 Å². The van der Waals surface area contributed by atoms with Crippen LogP contribution < -0.4 is 0 Å². The summed E-state index contributed by atoms with van der Waals surface area (Å²) in [4.78, 5) is 0.330. The summed E-state index contributed by atoms with van der Waals surface area (Å²) in [5.74, 6) is 0.588. The van der Waals surface area contributed by atoms with Crippen LogP contribution in [0.25, 0.3) is 0 Å². The van der Waals surface area contributed by atoms with Crippen molar-refractivity contribution in [1.29, 1.82) is 0 Å². The molecule has 112 valence electrons. The van der Waals surface area contributed by atoms with Crippen LogP contribution in [0.5, 0.6) is 0 Å². The summed E-state index contributed by atoms with van der Waals surface area (Å²) in [5.41, 5.74) is 0.705. The molecule has 0 N–H and O–H groups in total. The maximum absolute atomic E-state index is 12.5. The topological polar surface area (TPSA) is 0 Å². The third kappa shape index (κ3) is 3.57. The van der Waals surface area contributed by atoms with Crippen LogP contribution in [-0.2, 0) is 12.6 Å². The quantitative estimate of drug-likeness (QED) is 0.602. The van der Waals surface area contributed by atoms with E-state index in [1.807, 2.05) is 0 Å². The summed E-state index contributed by atoms with van der Waals surface area (Å²) in [6, 6.07) is 5.54. The minimum absolute atomic E-state index is 0.320. The molecule has 0 amide bonds. The molecule has 0 aromatic heterocycles. The van der Waals surface area contributed by atoms with E-state index in [1.165, 1.54) is 31.4 Å². The fourth-order valence-corrected chi connectivity index (χ4v) is 4.58. The van der Waals surface area contributed by atoms with Crippen molar-refractivity contribution >= 4 is 15.9 Å². The Bertz CT molecular complexity index is 448. The summed E-state index contributed by atoms with van der Waals surface area (Å²) in [6.07, 6.45) is 0.203. The van der Waals surface area contributed by atoms with Gasteiger partial charge in [0.05, 0.1) is 5.56 Å². The molecule has 0 bridgehead atoms. The van der Waals surface area contributed by atoms with Crippen LogP contribution in [0.1, 0.15) is 44.2 Å². The van der Waals surface area contributed by atoms with Crippen LogP contribution in [0.4, 0.5) is 13.2 Å². The molecule has 1 aliphatic carbocycles. The van der Waals surface area contributed by atoms with Gasteiger partial charge in [-0.3, -0.25) is 0 Å². The number of alkyl halides is 4. The normalized spacial score (nSPS) is 23.8. The highest BCUT2D eigenvalue weighted by Crippen LogP contribution is 2.47. The first kappa shape index (κ1) is 15.9. The molecule has 0 aliphatic heterocycles. The van der Waals surface area contributed by atoms with Gasteiger partial charge in [0.25, 0.3) is 0 Å². The fourth-order valence-electron chi connectivity index (χ4n) is 3.22. The Hall–Kier alpha value is -0.510. The molecule has 0 saturated heterocycles. The maximum atomic E-state index is 12.5. The average Bonchev–Trinajstić information content (AvgIpc) is 2.68. The third-order valence-electron chi connectivity index (χ3n) is 4.49. The van der Waals surface area contributed by atoms with E-state index in [9.17, 15) is 13.2 Å². The largest absolute Gasteiger partial charge is 0.416 e. The van der Waals surface area contributed by atoms with E-state index in [4.69, 9.17) is 0 Å². The van der Waals surface area contributed by atoms with E-state index in [1.54, 1.807) is 12.1 Å². The lowest BCUT2D eigenvalue weighted by Gasteiger charge is -2.31. The van der Waals surface area contributed by atoms with Gasteiger partial charge in [-0.2, -0.15) is 13.2 Å². The van der Waals surface area contributed by atoms with Crippen molar-refractivity contribution in [3.8, 4) is 0 Å². The fraction of sp³-hybridized carbons (Fsp3) is 0.625. The third-order valence-corrected chi connectivity index (χ3v) is 5.45. The highest BCUT2D eigenvalue weighted by molar-refractivity contribution is 9.09. The second-order valence-corrected chi connectivity index (χ2v) is 7.58. The van der Waals surface area contributed by atoms with Gasteiger partial charge in [0.1, 0.15) is 0 Å². The summed E-state index contributed by atoms with van der Waals surface area (Å²) < 4.78 is 37.6. The molecule has 2 unspecified atom stereocenters. The summed E-state index contributed by atoms with van der Waals surface area (Å²) in [5, 5.41) is 0. The van der Waals surface area contributed by atoms with Gasteiger partial charge in [0.15, 0.2) is 0 Å². The number of benzene rings is 1. The molecule has 0 spiro atoms. The first-order valence-corrected chi connectivity index (χ1v) is 7.92. The van der Waals surface area contributed by atoms with Crippen LogP contribution in [0, 0.1) is 11.3 Å². The van der Waals surface area contributed by atoms with Crippen molar-refractivity contribution in [1.82, 2.24) is 0 Å². The Morgan fingerprint density at radius 3 is 2.30 bits per heavy atom. The molecule has 2 rings (SSSR count). The maximum Gasteiger partial charge on any atom is 0.416 e. The second-order valence-electron chi connectivity index (χ2n) is 6.40. The van der Waals surface area contributed by atoms with Gasteiger partial charge in [-0.05, 0) is 48.3 Å². The van der Waals surface area contributed by atoms with Crippen LogP contribution >= 0.6 is 15.9 Å². The molecule has 1 aliphatic rings. The summed E-state index contributed by atoms with van der Waals surface area (Å²) in [6.45, 7) is 4.57. The minimum atomic E-state index is -4.25. The molecular formula is C16H20BrF3. The van der Waals surface area contributed by atoms with Gasteiger partial charge in [0.2, 0.25) is 0 Å². The van der Waals surface area contributed by atoms with E-state index < -0.39 is 11.7 Å². The van der Waals surface area contributed by atoms with E-state index in [0.717, 1.165) is 12.0 Å². The predicted molar refractivity (Wildman–Crippen MR) is 79.0 cm³/mol. The van der Waals surface area contributed by atoms with Crippen molar-refractivity contribution in [2.24, 2.45) is 11.3 Å². The van der Waals surface area contributed by atoms with Crippen LogP contribution in [0.15, 0.2) is 24.3 Å². The van der Waals surface area contributed by atoms with Crippen molar-refractivity contribution in [3.63, 3.8) is 0 Å². The van der Waals surface area contributed by atoms with Gasteiger partial charge in [-0.1, -0.05) is 48.3 Å².